The normalized spacial score (nSPS) is 12.0. The molecule has 0 aliphatic heterocycles. The lowest BCUT2D eigenvalue weighted by Crippen LogP contribution is -2.18. The maximum atomic E-state index is 11.7. The van der Waals surface area contributed by atoms with Gasteiger partial charge >= 0.3 is 6.18 Å². The molecule has 0 fully saturated rings. The zero-order chi connectivity index (χ0) is 11.5. The molecule has 1 aromatic rings. The number of aryl methyl sites for hydroxylation is 1. The molecule has 0 saturated heterocycles. The topological polar surface area (TPSA) is 29.9 Å². The van der Waals surface area contributed by atoms with Gasteiger partial charge in [-0.3, -0.25) is 0 Å². The second-order valence-electron chi connectivity index (χ2n) is 3.10. The second kappa shape index (κ2) is 4.80. The van der Waals surface area contributed by atoms with Crippen LogP contribution < -0.4 is 0 Å². The van der Waals surface area contributed by atoms with Crippen molar-refractivity contribution in [2.75, 3.05) is 13.2 Å². The van der Waals surface area contributed by atoms with Crippen LogP contribution >= 0.6 is 12.2 Å². The Morgan fingerprint density at radius 3 is 2.67 bits per heavy atom. The van der Waals surface area contributed by atoms with Gasteiger partial charge in [-0.25, -0.2) is 0 Å². The first kappa shape index (κ1) is 12.3. The molecule has 0 unspecified atom stereocenters. The Bertz CT molecular complexity index is 369. The molecule has 0 amide bonds. The summed E-state index contributed by atoms with van der Waals surface area (Å²) < 4.78 is 41.7. The van der Waals surface area contributed by atoms with E-state index in [1.54, 1.807) is 10.8 Å². The molecule has 0 aliphatic carbocycles. The van der Waals surface area contributed by atoms with E-state index < -0.39 is 12.8 Å². The van der Waals surface area contributed by atoms with Gasteiger partial charge < -0.3 is 14.3 Å². The summed E-state index contributed by atoms with van der Waals surface area (Å²) in [6.45, 7) is 0.914. The average Bonchev–Trinajstić information content (AvgIpc) is 2.37. The molecule has 1 heterocycles. The van der Waals surface area contributed by atoms with Crippen LogP contribution in [-0.2, 0) is 11.3 Å². The Labute approximate surface area is 89.9 Å². The summed E-state index contributed by atoms with van der Waals surface area (Å²) in [5.41, 5.74) is 0.871. The van der Waals surface area contributed by atoms with Gasteiger partial charge in [-0.05, 0) is 19.1 Å². The third-order valence-electron chi connectivity index (χ3n) is 1.66. The molecule has 7 heteroatoms. The van der Waals surface area contributed by atoms with Crippen molar-refractivity contribution in [1.29, 1.82) is 0 Å². The maximum Gasteiger partial charge on any atom is 0.411 e. The number of nitrogens with one attached hydrogen (secondary N) is 1. The average molecular weight is 240 g/mol. The van der Waals surface area contributed by atoms with E-state index in [0.29, 0.717) is 11.3 Å². The highest BCUT2D eigenvalue weighted by Crippen LogP contribution is 2.14. The van der Waals surface area contributed by atoms with Gasteiger partial charge in [0.25, 0.3) is 0 Å². The predicted molar refractivity (Wildman–Crippen MR) is 51.2 cm³/mol. The van der Waals surface area contributed by atoms with E-state index in [9.17, 15) is 13.2 Å². The molecule has 0 bridgehead atoms. The Hall–Kier alpha value is -0.820. The number of H-pyrrole nitrogens is 1. The van der Waals surface area contributed by atoms with Crippen molar-refractivity contribution in [3.8, 4) is 0 Å². The fourth-order valence-electron chi connectivity index (χ4n) is 1.08. The fourth-order valence-corrected chi connectivity index (χ4v) is 1.39. The summed E-state index contributed by atoms with van der Waals surface area (Å²) in [6.07, 6.45) is -2.53. The van der Waals surface area contributed by atoms with Gasteiger partial charge in [-0.2, -0.15) is 13.2 Å². The first-order valence-electron chi connectivity index (χ1n) is 4.29. The number of halogens is 3. The Kier molecular flexibility index (Phi) is 3.92. The molecular formula is C8H11F3N2OS. The molecular weight excluding hydrogens is 229 g/mol. The largest absolute Gasteiger partial charge is 0.411 e. The summed E-state index contributed by atoms with van der Waals surface area (Å²) in [5.74, 6) is 0. The smallest absolute Gasteiger partial charge is 0.370 e. The Morgan fingerprint density at radius 1 is 1.53 bits per heavy atom. The molecule has 0 aliphatic rings. The molecule has 0 radical (unpaired) electrons. The first-order chi connectivity index (χ1) is 6.88. The Morgan fingerprint density at radius 2 is 2.20 bits per heavy atom. The molecule has 15 heavy (non-hydrogen) atoms. The van der Waals surface area contributed by atoms with E-state index in [4.69, 9.17) is 12.2 Å². The third kappa shape index (κ3) is 4.48. The summed E-state index contributed by atoms with van der Waals surface area (Å²) in [7, 11) is 0. The van der Waals surface area contributed by atoms with Crippen molar-refractivity contribution in [3.63, 3.8) is 0 Å². The summed E-state index contributed by atoms with van der Waals surface area (Å²) in [4.78, 5) is 2.86. The standard InChI is InChI=1S/C8H11F3N2OS/c1-6-4-13(7(15)12-6)2-3-14-5-8(9,10)11/h4H,2-3,5H2,1H3,(H,12,15). The number of hydrogen-bond acceptors (Lipinski definition) is 2. The van der Waals surface area contributed by atoms with E-state index in [2.05, 4.69) is 9.72 Å². The van der Waals surface area contributed by atoms with E-state index in [0.717, 1.165) is 5.69 Å². The first-order valence-corrected chi connectivity index (χ1v) is 4.70. The summed E-state index contributed by atoms with van der Waals surface area (Å²) in [6, 6.07) is 0. The minimum absolute atomic E-state index is 0.00882. The maximum absolute atomic E-state index is 11.7. The molecule has 0 aromatic carbocycles. The molecule has 0 atom stereocenters. The number of rotatable bonds is 4. The van der Waals surface area contributed by atoms with Gasteiger partial charge in [-0.1, -0.05) is 0 Å². The number of aromatic amines is 1. The van der Waals surface area contributed by atoms with Gasteiger partial charge in [0.15, 0.2) is 4.77 Å². The number of aromatic nitrogens is 2. The van der Waals surface area contributed by atoms with Gasteiger partial charge in [0.2, 0.25) is 0 Å². The van der Waals surface area contributed by atoms with Crippen LogP contribution in [0.3, 0.4) is 0 Å². The number of alkyl halides is 3. The monoisotopic (exact) mass is 240 g/mol. The van der Waals surface area contributed by atoms with Crippen LogP contribution in [0, 0.1) is 11.7 Å². The van der Waals surface area contributed by atoms with Crippen LogP contribution in [0.25, 0.3) is 0 Å². The minimum atomic E-state index is -4.27. The van der Waals surface area contributed by atoms with Crippen LogP contribution in [0.4, 0.5) is 13.2 Å². The number of nitrogens with zero attached hydrogens (tertiary/aromatic N) is 1. The minimum Gasteiger partial charge on any atom is -0.370 e. The Balaban J connectivity index is 2.33. The van der Waals surface area contributed by atoms with Crippen molar-refractivity contribution in [2.24, 2.45) is 0 Å². The SMILES string of the molecule is Cc1cn(CCOCC(F)(F)F)c(=S)[nH]1. The highest BCUT2D eigenvalue weighted by atomic mass is 32.1. The van der Waals surface area contributed by atoms with Crippen molar-refractivity contribution in [2.45, 2.75) is 19.6 Å². The van der Waals surface area contributed by atoms with Gasteiger partial charge in [0.1, 0.15) is 6.61 Å². The molecule has 1 N–H and O–H groups in total. The molecule has 3 nitrogen and oxygen atoms in total. The van der Waals surface area contributed by atoms with Crippen molar-refractivity contribution >= 4 is 12.2 Å². The highest BCUT2D eigenvalue weighted by molar-refractivity contribution is 7.71. The summed E-state index contributed by atoms with van der Waals surface area (Å²) in [5, 5.41) is 0. The molecule has 0 spiro atoms. The summed E-state index contributed by atoms with van der Waals surface area (Å²) >= 11 is 4.93. The van der Waals surface area contributed by atoms with Crippen LogP contribution in [-0.4, -0.2) is 28.9 Å². The van der Waals surface area contributed by atoms with E-state index >= 15 is 0 Å². The number of hydrogen-bond donors (Lipinski definition) is 1. The van der Waals surface area contributed by atoms with Crippen LogP contribution in [0.15, 0.2) is 6.20 Å². The molecule has 0 saturated carbocycles. The van der Waals surface area contributed by atoms with E-state index in [-0.39, 0.29) is 6.61 Å². The van der Waals surface area contributed by atoms with E-state index in [1.807, 2.05) is 6.92 Å². The third-order valence-corrected chi connectivity index (χ3v) is 1.99. The predicted octanol–water partition coefficient (Wildman–Crippen LogP) is 2.43. The van der Waals surface area contributed by atoms with Crippen LogP contribution in [0.5, 0.6) is 0 Å². The van der Waals surface area contributed by atoms with E-state index in [1.165, 1.54) is 0 Å². The quantitative estimate of drug-likeness (QED) is 0.647. The lowest BCUT2D eigenvalue weighted by Gasteiger charge is -2.07. The lowest BCUT2D eigenvalue weighted by atomic mass is 10.5. The van der Waals surface area contributed by atoms with Crippen LogP contribution in [0.2, 0.25) is 0 Å². The molecule has 1 aromatic heterocycles. The second-order valence-corrected chi connectivity index (χ2v) is 3.49. The molecule has 86 valence electrons. The number of imidazole rings is 1. The van der Waals surface area contributed by atoms with Gasteiger partial charge in [-0.15, -0.1) is 0 Å². The van der Waals surface area contributed by atoms with Gasteiger partial charge in [0.05, 0.1) is 6.61 Å². The lowest BCUT2D eigenvalue weighted by molar-refractivity contribution is -0.174. The zero-order valence-electron chi connectivity index (χ0n) is 8.10. The van der Waals surface area contributed by atoms with Crippen LogP contribution in [0.1, 0.15) is 5.69 Å². The van der Waals surface area contributed by atoms with Crippen molar-refractivity contribution in [1.82, 2.24) is 9.55 Å². The fraction of sp³-hybridized carbons (Fsp3) is 0.625. The van der Waals surface area contributed by atoms with Gasteiger partial charge in [0, 0.05) is 18.4 Å². The van der Waals surface area contributed by atoms with Crippen molar-refractivity contribution in [3.05, 3.63) is 16.7 Å². The molecule has 1 rings (SSSR count). The zero-order valence-corrected chi connectivity index (χ0v) is 8.91. The number of ether oxygens (including phenoxy) is 1. The van der Waals surface area contributed by atoms with Crippen molar-refractivity contribution < 1.29 is 17.9 Å². The highest BCUT2D eigenvalue weighted by Gasteiger charge is 2.27.